The predicted molar refractivity (Wildman–Crippen MR) is 116 cm³/mol. The standard InChI is InChI=1S/C24H17N4O/c1-16-11-12-18-19-9-5-14-26-24(19)29-22(18)21(16)28-15-27(17-7-3-2-4-8-17)20-10-6-13-25-23(20)28/h2-15H,1H3. The molecule has 0 unspecified atom stereocenters. The predicted octanol–water partition coefficient (Wildman–Crippen LogP) is 6.09. The summed E-state index contributed by atoms with van der Waals surface area (Å²) in [5.41, 5.74) is 5.68. The van der Waals surface area contributed by atoms with Crippen LogP contribution in [0.5, 0.6) is 0 Å². The van der Waals surface area contributed by atoms with Crippen molar-refractivity contribution in [1.29, 1.82) is 0 Å². The summed E-state index contributed by atoms with van der Waals surface area (Å²) in [6, 6.07) is 22.5. The van der Waals surface area contributed by atoms with Gasteiger partial charge in [-0.25, -0.2) is 9.97 Å². The summed E-state index contributed by atoms with van der Waals surface area (Å²) >= 11 is 0. The van der Waals surface area contributed by atoms with Gasteiger partial charge in [0.2, 0.25) is 5.71 Å². The zero-order valence-corrected chi connectivity index (χ0v) is 15.8. The summed E-state index contributed by atoms with van der Waals surface area (Å²) in [6.45, 7) is 4.17. The molecule has 2 aromatic carbocycles. The highest BCUT2D eigenvalue weighted by atomic mass is 16.3. The molecule has 5 heteroatoms. The lowest BCUT2D eigenvalue weighted by Gasteiger charge is -2.21. The van der Waals surface area contributed by atoms with Crippen LogP contribution in [0.3, 0.4) is 0 Å². The molecule has 0 fully saturated rings. The Morgan fingerprint density at radius 1 is 0.759 bits per heavy atom. The van der Waals surface area contributed by atoms with Crippen LogP contribution < -0.4 is 9.80 Å². The number of anilines is 4. The fourth-order valence-corrected chi connectivity index (χ4v) is 4.01. The normalized spacial score (nSPS) is 13.4. The Hall–Kier alpha value is -3.86. The second kappa shape index (κ2) is 6.07. The Balaban J connectivity index is 1.59. The zero-order chi connectivity index (χ0) is 19.4. The van der Waals surface area contributed by atoms with Crippen molar-refractivity contribution in [1.82, 2.24) is 9.97 Å². The molecular formula is C24H17N4O. The van der Waals surface area contributed by atoms with Gasteiger partial charge in [0, 0.05) is 28.9 Å². The SMILES string of the molecule is Cc1ccc2c(oc3ncccc32)c1N1[CH]N(c2ccccc2)c2cccnc21. The minimum Gasteiger partial charge on any atom is -0.435 e. The topological polar surface area (TPSA) is 45.4 Å². The van der Waals surface area contributed by atoms with E-state index in [1.165, 1.54) is 0 Å². The van der Waals surface area contributed by atoms with Crippen LogP contribution >= 0.6 is 0 Å². The third-order valence-electron chi connectivity index (χ3n) is 5.35. The molecule has 1 aliphatic rings. The average molecular weight is 377 g/mol. The molecule has 0 aliphatic carbocycles. The molecule has 1 aliphatic heterocycles. The Kier molecular flexibility index (Phi) is 3.38. The molecule has 4 heterocycles. The molecule has 5 aromatic rings. The summed E-state index contributed by atoms with van der Waals surface area (Å²) in [7, 11) is 0. The van der Waals surface area contributed by atoms with Gasteiger partial charge in [0.25, 0.3) is 0 Å². The van der Waals surface area contributed by atoms with Crippen molar-refractivity contribution in [3.63, 3.8) is 0 Å². The Morgan fingerprint density at radius 3 is 2.48 bits per heavy atom. The van der Waals surface area contributed by atoms with Crippen LogP contribution in [0.25, 0.3) is 22.1 Å². The number of aryl methyl sites for hydroxylation is 1. The van der Waals surface area contributed by atoms with Crippen LogP contribution in [0.15, 0.2) is 83.5 Å². The number of para-hydroxylation sites is 1. The molecule has 29 heavy (non-hydrogen) atoms. The van der Waals surface area contributed by atoms with E-state index in [0.717, 1.165) is 44.8 Å². The maximum atomic E-state index is 6.21. The van der Waals surface area contributed by atoms with Gasteiger partial charge >= 0.3 is 0 Å². The molecule has 0 spiro atoms. The van der Waals surface area contributed by atoms with Gasteiger partial charge in [-0.3, -0.25) is 4.90 Å². The maximum Gasteiger partial charge on any atom is 0.227 e. The lowest BCUT2D eigenvalue weighted by Crippen LogP contribution is -2.18. The Labute approximate surface area is 167 Å². The molecule has 139 valence electrons. The van der Waals surface area contributed by atoms with E-state index in [4.69, 9.17) is 9.40 Å². The van der Waals surface area contributed by atoms with Crippen molar-refractivity contribution in [2.24, 2.45) is 0 Å². The lowest BCUT2D eigenvalue weighted by atomic mass is 10.1. The van der Waals surface area contributed by atoms with Crippen molar-refractivity contribution in [2.45, 2.75) is 6.92 Å². The molecule has 0 saturated heterocycles. The number of rotatable bonds is 2. The fourth-order valence-electron chi connectivity index (χ4n) is 4.01. The van der Waals surface area contributed by atoms with Crippen LogP contribution in [-0.4, -0.2) is 9.97 Å². The summed E-state index contributed by atoms with van der Waals surface area (Å²) in [6.07, 6.45) is 3.58. The molecule has 0 bridgehead atoms. The average Bonchev–Trinajstić information content (AvgIpc) is 3.33. The second-order valence-electron chi connectivity index (χ2n) is 7.10. The first-order valence-corrected chi connectivity index (χ1v) is 9.51. The number of fused-ring (bicyclic) bond motifs is 4. The van der Waals surface area contributed by atoms with Gasteiger partial charge in [-0.1, -0.05) is 30.3 Å². The molecule has 0 saturated carbocycles. The third-order valence-corrected chi connectivity index (χ3v) is 5.35. The number of nitrogens with zero attached hydrogens (tertiary/aromatic N) is 4. The maximum absolute atomic E-state index is 6.21. The molecule has 0 atom stereocenters. The minimum atomic E-state index is 0.648. The second-order valence-corrected chi connectivity index (χ2v) is 7.10. The highest BCUT2D eigenvalue weighted by Crippen LogP contribution is 2.48. The van der Waals surface area contributed by atoms with Gasteiger partial charge in [-0.2, -0.15) is 0 Å². The summed E-state index contributed by atoms with van der Waals surface area (Å²) in [4.78, 5) is 13.4. The monoisotopic (exact) mass is 377 g/mol. The largest absolute Gasteiger partial charge is 0.435 e. The molecule has 0 amide bonds. The number of furan rings is 1. The Bertz CT molecular complexity index is 1360. The molecular weight excluding hydrogens is 360 g/mol. The van der Waals surface area contributed by atoms with E-state index in [2.05, 4.69) is 58.7 Å². The summed E-state index contributed by atoms with van der Waals surface area (Å²) < 4.78 is 6.21. The molecule has 0 N–H and O–H groups in total. The molecule has 1 radical (unpaired) electrons. The first kappa shape index (κ1) is 16.1. The van der Waals surface area contributed by atoms with Crippen molar-refractivity contribution < 1.29 is 4.42 Å². The van der Waals surface area contributed by atoms with Gasteiger partial charge in [0.15, 0.2) is 18.1 Å². The summed E-state index contributed by atoms with van der Waals surface area (Å²) in [5, 5.41) is 2.07. The van der Waals surface area contributed by atoms with Crippen LogP contribution in [0.4, 0.5) is 22.9 Å². The van der Waals surface area contributed by atoms with E-state index in [-0.39, 0.29) is 0 Å². The zero-order valence-electron chi connectivity index (χ0n) is 15.8. The highest BCUT2D eigenvalue weighted by Gasteiger charge is 2.32. The number of benzene rings is 2. The molecule has 3 aromatic heterocycles. The van der Waals surface area contributed by atoms with Crippen LogP contribution in [-0.2, 0) is 0 Å². The first-order chi connectivity index (χ1) is 14.3. The summed E-state index contributed by atoms with van der Waals surface area (Å²) in [5.74, 6) is 0.875. The van der Waals surface area contributed by atoms with E-state index < -0.39 is 0 Å². The fraction of sp³-hybridized carbons (Fsp3) is 0.0417. The van der Waals surface area contributed by atoms with Crippen molar-refractivity contribution in [3.8, 4) is 0 Å². The smallest absolute Gasteiger partial charge is 0.227 e. The molecule has 5 nitrogen and oxygen atoms in total. The van der Waals surface area contributed by atoms with Crippen LogP contribution in [0.1, 0.15) is 5.56 Å². The minimum absolute atomic E-state index is 0.648. The highest BCUT2D eigenvalue weighted by molar-refractivity contribution is 6.10. The quantitative estimate of drug-likeness (QED) is 0.372. The number of hydrogen-bond acceptors (Lipinski definition) is 5. The van der Waals surface area contributed by atoms with Gasteiger partial charge in [0.05, 0.1) is 11.4 Å². The van der Waals surface area contributed by atoms with E-state index >= 15 is 0 Å². The van der Waals surface area contributed by atoms with E-state index in [9.17, 15) is 0 Å². The Morgan fingerprint density at radius 2 is 1.59 bits per heavy atom. The van der Waals surface area contributed by atoms with Crippen molar-refractivity contribution in [3.05, 3.63) is 91.4 Å². The van der Waals surface area contributed by atoms with Gasteiger partial charge < -0.3 is 9.32 Å². The van der Waals surface area contributed by atoms with E-state index in [0.29, 0.717) is 5.71 Å². The van der Waals surface area contributed by atoms with Gasteiger partial charge in [-0.15, -0.1) is 0 Å². The van der Waals surface area contributed by atoms with Crippen LogP contribution in [0, 0.1) is 13.6 Å². The lowest BCUT2D eigenvalue weighted by molar-refractivity contribution is 0.653. The molecule has 6 rings (SSSR count). The van der Waals surface area contributed by atoms with Crippen molar-refractivity contribution >= 4 is 44.9 Å². The first-order valence-electron chi connectivity index (χ1n) is 9.51. The van der Waals surface area contributed by atoms with Crippen LogP contribution in [0.2, 0.25) is 0 Å². The number of aromatic nitrogens is 2. The van der Waals surface area contributed by atoms with E-state index in [1.807, 2.05) is 42.6 Å². The third kappa shape index (κ3) is 2.34. The number of hydrogen-bond donors (Lipinski definition) is 0. The van der Waals surface area contributed by atoms with E-state index in [1.54, 1.807) is 6.20 Å². The number of pyridine rings is 2. The van der Waals surface area contributed by atoms with Gasteiger partial charge in [0.1, 0.15) is 0 Å². The van der Waals surface area contributed by atoms with Crippen molar-refractivity contribution in [2.75, 3.05) is 9.80 Å². The van der Waals surface area contributed by atoms with Gasteiger partial charge in [-0.05, 0) is 48.9 Å².